The number of aryl methyl sites for hydroxylation is 1. The van der Waals surface area contributed by atoms with Gasteiger partial charge in [0.15, 0.2) is 0 Å². The zero-order valence-electron chi connectivity index (χ0n) is 15.4. The van der Waals surface area contributed by atoms with Crippen molar-refractivity contribution >= 4 is 21.6 Å². The number of rotatable bonds is 7. The van der Waals surface area contributed by atoms with Crippen LogP contribution in [0.2, 0.25) is 0 Å². The zero-order chi connectivity index (χ0) is 19.3. The molecule has 0 aromatic heterocycles. The van der Waals surface area contributed by atoms with E-state index in [4.69, 9.17) is 4.74 Å². The Kier molecular flexibility index (Phi) is 6.26. The van der Waals surface area contributed by atoms with Gasteiger partial charge in [0.2, 0.25) is 10.0 Å². The SMILES string of the molecule is CC[C@H](NC(=O)c1ccccc1NS(C)(=O)=O)c1ccc(OC)c(C)c1. The number of hydrogen-bond acceptors (Lipinski definition) is 4. The van der Waals surface area contributed by atoms with Crippen LogP contribution < -0.4 is 14.8 Å². The molecule has 2 N–H and O–H groups in total. The third-order valence-corrected chi connectivity index (χ3v) is 4.59. The van der Waals surface area contributed by atoms with Crippen LogP contribution in [-0.4, -0.2) is 27.7 Å². The fourth-order valence-electron chi connectivity index (χ4n) is 2.75. The molecule has 0 aliphatic heterocycles. The second-order valence-electron chi connectivity index (χ2n) is 6.08. The highest BCUT2D eigenvalue weighted by atomic mass is 32.2. The van der Waals surface area contributed by atoms with Gasteiger partial charge in [0.05, 0.1) is 30.7 Å². The minimum absolute atomic E-state index is 0.196. The van der Waals surface area contributed by atoms with Crippen molar-refractivity contribution in [2.24, 2.45) is 0 Å². The first kappa shape index (κ1) is 19.8. The van der Waals surface area contributed by atoms with Gasteiger partial charge in [0, 0.05) is 0 Å². The highest BCUT2D eigenvalue weighted by molar-refractivity contribution is 7.92. The summed E-state index contributed by atoms with van der Waals surface area (Å²) in [4.78, 5) is 12.7. The third-order valence-electron chi connectivity index (χ3n) is 4.00. The smallest absolute Gasteiger partial charge is 0.253 e. The molecule has 0 aliphatic carbocycles. The summed E-state index contributed by atoms with van der Waals surface area (Å²) in [6.07, 6.45) is 1.75. The third kappa shape index (κ3) is 4.98. The van der Waals surface area contributed by atoms with Crippen LogP contribution in [0.3, 0.4) is 0 Å². The van der Waals surface area contributed by atoms with Gasteiger partial charge in [-0.2, -0.15) is 0 Å². The van der Waals surface area contributed by atoms with E-state index in [1.54, 1.807) is 31.4 Å². The molecule has 0 bridgehead atoms. The number of benzene rings is 2. The van der Waals surface area contributed by atoms with Crippen molar-refractivity contribution in [1.29, 1.82) is 0 Å². The lowest BCUT2D eigenvalue weighted by atomic mass is 10.0. The Morgan fingerprint density at radius 2 is 1.88 bits per heavy atom. The van der Waals surface area contributed by atoms with Crippen molar-refractivity contribution in [1.82, 2.24) is 5.32 Å². The largest absolute Gasteiger partial charge is 0.496 e. The van der Waals surface area contributed by atoms with Crippen LogP contribution in [0.1, 0.15) is 40.9 Å². The lowest BCUT2D eigenvalue weighted by Gasteiger charge is -2.20. The fourth-order valence-corrected chi connectivity index (χ4v) is 3.32. The predicted octanol–water partition coefficient (Wildman–Crippen LogP) is 3.26. The lowest BCUT2D eigenvalue weighted by molar-refractivity contribution is 0.0936. The minimum atomic E-state index is -3.48. The van der Waals surface area contributed by atoms with Crippen LogP contribution >= 0.6 is 0 Å². The molecule has 1 amide bonds. The second-order valence-corrected chi connectivity index (χ2v) is 7.83. The van der Waals surface area contributed by atoms with Gasteiger partial charge in [-0.15, -0.1) is 0 Å². The highest BCUT2D eigenvalue weighted by Crippen LogP contribution is 2.25. The highest BCUT2D eigenvalue weighted by Gasteiger charge is 2.18. The van der Waals surface area contributed by atoms with E-state index in [0.29, 0.717) is 6.42 Å². The van der Waals surface area contributed by atoms with E-state index in [1.807, 2.05) is 32.0 Å². The Morgan fingerprint density at radius 1 is 1.19 bits per heavy atom. The Hall–Kier alpha value is -2.54. The molecule has 26 heavy (non-hydrogen) atoms. The Bertz CT molecular complexity index is 894. The molecule has 2 rings (SSSR count). The van der Waals surface area contributed by atoms with E-state index in [9.17, 15) is 13.2 Å². The molecule has 0 unspecified atom stereocenters. The number of amides is 1. The molecule has 1 atom stereocenters. The van der Waals surface area contributed by atoms with Crippen LogP contribution in [0.25, 0.3) is 0 Å². The number of carbonyl (C=O) groups is 1. The van der Waals surface area contributed by atoms with Crippen LogP contribution in [0.15, 0.2) is 42.5 Å². The number of carbonyl (C=O) groups excluding carboxylic acids is 1. The molecular weight excluding hydrogens is 352 g/mol. The van der Waals surface area contributed by atoms with Gasteiger partial charge in [0.1, 0.15) is 5.75 Å². The number of hydrogen-bond donors (Lipinski definition) is 2. The summed E-state index contributed by atoms with van der Waals surface area (Å²) in [5, 5.41) is 2.98. The molecule has 0 radical (unpaired) electrons. The van der Waals surface area contributed by atoms with Crippen LogP contribution in [0.4, 0.5) is 5.69 Å². The maximum Gasteiger partial charge on any atom is 0.253 e. The quantitative estimate of drug-likeness (QED) is 0.777. The Balaban J connectivity index is 2.26. The molecular formula is C19H24N2O4S. The first-order valence-electron chi connectivity index (χ1n) is 8.27. The maximum atomic E-state index is 12.7. The topological polar surface area (TPSA) is 84.5 Å². The van der Waals surface area contributed by atoms with E-state index >= 15 is 0 Å². The standard InChI is InChI=1S/C19H24N2O4S/c1-5-16(14-10-11-18(25-3)13(2)12-14)20-19(22)15-8-6-7-9-17(15)21-26(4,23)24/h6-12,16,21H,5H2,1-4H3,(H,20,22)/t16-/m0/s1. The van der Waals surface area contributed by atoms with Gasteiger partial charge in [-0.3, -0.25) is 9.52 Å². The summed E-state index contributed by atoms with van der Waals surface area (Å²) < 4.78 is 30.7. The van der Waals surface area contributed by atoms with E-state index < -0.39 is 10.0 Å². The number of sulfonamides is 1. The summed E-state index contributed by atoms with van der Waals surface area (Å²) in [6, 6.07) is 12.1. The molecule has 140 valence electrons. The summed E-state index contributed by atoms with van der Waals surface area (Å²) in [6.45, 7) is 3.92. The van der Waals surface area contributed by atoms with Crippen LogP contribution in [0, 0.1) is 6.92 Å². The van der Waals surface area contributed by atoms with Gasteiger partial charge in [-0.05, 0) is 42.7 Å². The predicted molar refractivity (Wildman–Crippen MR) is 103 cm³/mol. The maximum absolute atomic E-state index is 12.7. The molecule has 0 heterocycles. The molecule has 0 saturated carbocycles. The zero-order valence-corrected chi connectivity index (χ0v) is 16.2. The van der Waals surface area contributed by atoms with Crippen molar-refractivity contribution < 1.29 is 17.9 Å². The molecule has 6 nitrogen and oxygen atoms in total. The molecule has 2 aromatic carbocycles. The van der Waals surface area contributed by atoms with Gasteiger partial charge in [-0.1, -0.05) is 31.2 Å². The molecule has 7 heteroatoms. The number of para-hydroxylation sites is 1. The number of methoxy groups -OCH3 is 1. The Labute approximate surface area is 154 Å². The fraction of sp³-hybridized carbons (Fsp3) is 0.316. The van der Waals surface area contributed by atoms with E-state index in [0.717, 1.165) is 23.1 Å². The van der Waals surface area contributed by atoms with Gasteiger partial charge in [0.25, 0.3) is 5.91 Å². The van der Waals surface area contributed by atoms with Crippen molar-refractivity contribution in [2.75, 3.05) is 18.1 Å². The van der Waals surface area contributed by atoms with E-state index in [1.165, 1.54) is 0 Å². The van der Waals surface area contributed by atoms with E-state index in [2.05, 4.69) is 10.0 Å². The summed E-state index contributed by atoms with van der Waals surface area (Å²) in [5.41, 5.74) is 2.49. The van der Waals surface area contributed by atoms with Crippen LogP contribution in [-0.2, 0) is 10.0 Å². The molecule has 2 aromatic rings. The van der Waals surface area contributed by atoms with E-state index in [-0.39, 0.29) is 23.2 Å². The minimum Gasteiger partial charge on any atom is -0.496 e. The second kappa shape index (κ2) is 8.23. The van der Waals surface area contributed by atoms with Crippen molar-refractivity contribution in [2.45, 2.75) is 26.3 Å². The first-order valence-corrected chi connectivity index (χ1v) is 10.2. The molecule has 0 spiro atoms. The summed E-state index contributed by atoms with van der Waals surface area (Å²) >= 11 is 0. The monoisotopic (exact) mass is 376 g/mol. The average molecular weight is 376 g/mol. The van der Waals surface area contributed by atoms with Crippen molar-refractivity contribution in [3.63, 3.8) is 0 Å². The first-order chi connectivity index (χ1) is 12.2. The van der Waals surface area contributed by atoms with Gasteiger partial charge >= 0.3 is 0 Å². The average Bonchev–Trinajstić information content (AvgIpc) is 2.58. The number of ether oxygens (including phenoxy) is 1. The summed E-state index contributed by atoms with van der Waals surface area (Å²) in [5.74, 6) is 0.453. The normalized spacial score (nSPS) is 12.3. The molecule has 0 saturated heterocycles. The van der Waals surface area contributed by atoms with Crippen LogP contribution in [0.5, 0.6) is 5.75 Å². The lowest BCUT2D eigenvalue weighted by Crippen LogP contribution is -2.29. The van der Waals surface area contributed by atoms with Crippen molar-refractivity contribution in [3.05, 3.63) is 59.2 Å². The van der Waals surface area contributed by atoms with Crippen molar-refractivity contribution in [3.8, 4) is 5.75 Å². The molecule has 0 aliphatic rings. The van der Waals surface area contributed by atoms with Gasteiger partial charge < -0.3 is 10.1 Å². The number of nitrogens with one attached hydrogen (secondary N) is 2. The Morgan fingerprint density at radius 3 is 2.46 bits per heavy atom. The summed E-state index contributed by atoms with van der Waals surface area (Å²) in [7, 11) is -1.86. The van der Waals surface area contributed by atoms with Gasteiger partial charge in [-0.25, -0.2) is 8.42 Å². The number of anilines is 1. The molecule has 0 fully saturated rings.